The number of aryl methyl sites for hydroxylation is 1. The summed E-state index contributed by atoms with van der Waals surface area (Å²) in [4.78, 5) is 15.1. The van der Waals surface area contributed by atoms with Crippen molar-refractivity contribution in [2.75, 3.05) is 14.2 Å². The molecule has 0 aromatic carbocycles. The van der Waals surface area contributed by atoms with E-state index in [2.05, 4.69) is 9.72 Å². The second-order valence-corrected chi connectivity index (χ2v) is 3.82. The maximum Gasteiger partial charge on any atom is 0.305 e. The number of esters is 1. The zero-order chi connectivity index (χ0) is 12.8. The third-order valence-electron chi connectivity index (χ3n) is 2.56. The highest BCUT2D eigenvalue weighted by Gasteiger charge is 2.11. The van der Waals surface area contributed by atoms with Gasteiger partial charge in [-0.15, -0.1) is 0 Å². The van der Waals surface area contributed by atoms with Crippen LogP contribution in [0.5, 0.6) is 5.88 Å². The largest absolute Gasteiger partial charge is 0.481 e. The van der Waals surface area contributed by atoms with Gasteiger partial charge < -0.3 is 15.2 Å². The van der Waals surface area contributed by atoms with E-state index in [9.17, 15) is 4.79 Å². The molecule has 0 bridgehead atoms. The highest BCUT2D eigenvalue weighted by Crippen LogP contribution is 2.21. The summed E-state index contributed by atoms with van der Waals surface area (Å²) in [6.07, 6.45) is 2.52. The smallest absolute Gasteiger partial charge is 0.305 e. The Morgan fingerprint density at radius 1 is 1.53 bits per heavy atom. The molecule has 0 saturated heterocycles. The van der Waals surface area contributed by atoms with E-state index in [4.69, 9.17) is 10.5 Å². The molecule has 17 heavy (non-hydrogen) atoms. The molecule has 2 N–H and O–H groups in total. The van der Waals surface area contributed by atoms with Gasteiger partial charge in [-0.3, -0.25) is 4.79 Å². The molecule has 0 radical (unpaired) electrons. The highest BCUT2D eigenvalue weighted by molar-refractivity contribution is 5.69. The topological polar surface area (TPSA) is 74.4 Å². The van der Waals surface area contributed by atoms with E-state index in [0.29, 0.717) is 18.7 Å². The molecule has 0 saturated carbocycles. The number of hydrogen-bond donors (Lipinski definition) is 1. The van der Waals surface area contributed by atoms with Gasteiger partial charge in [0.2, 0.25) is 5.88 Å². The summed E-state index contributed by atoms with van der Waals surface area (Å²) in [5, 5.41) is 0. The van der Waals surface area contributed by atoms with Crippen molar-refractivity contribution in [2.45, 2.75) is 25.8 Å². The first-order valence-corrected chi connectivity index (χ1v) is 5.41. The third kappa shape index (κ3) is 3.71. The van der Waals surface area contributed by atoms with Gasteiger partial charge in [0.05, 0.1) is 14.2 Å². The summed E-state index contributed by atoms with van der Waals surface area (Å²) in [6.45, 7) is 1.91. The predicted octanol–water partition coefficient (Wildman–Crippen LogP) is 1.35. The Bertz CT molecular complexity index is 393. The van der Waals surface area contributed by atoms with E-state index in [1.165, 1.54) is 7.11 Å². The summed E-state index contributed by atoms with van der Waals surface area (Å²) < 4.78 is 9.64. The Balaban J connectivity index is 2.66. The molecule has 0 aliphatic carbocycles. The summed E-state index contributed by atoms with van der Waals surface area (Å²) in [5.41, 5.74) is 7.79. The second kappa shape index (κ2) is 6.20. The van der Waals surface area contributed by atoms with Gasteiger partial charge in [-0.25, -0.2) is 4.98 Å². The SMILES string of the molecule is COC(=O)CCC(N)c1cnc(OC)c(C)c1. The number of nitrogens with two attached hydrogens (primary N) is 1. The van der Waals surface area contributed by atoms with Gasteiger partial charge in [0.1, 0.15) is 0 Å². The van der Waals surface area contributed by atoms with Crippen molar-refractivity contribution >= 4 is 5.97 Å². The standard InChI is InChI=1S/C12H18N2O3/c1-8-6-9(7-14-12(8)17-3)10(13)4-5-11(15)16-2/h6-7,10H,4-5,13H2,1-3H3. The number of aromatic nitrogens is 1. The van der Waals surface area contributed by atoms with Crippen molar-refractivity contribution in [1.29, 1.82) is 0 Å². The van der Waals surface area contributed by atoms with Crippen molar-refractivity contribution < 1.29 is 14.3 Å². The van der Waals surface area contributed by atoms with E-state index >= 15 is 0 Å². The van der Waals surface area contributed by atoms with Crippen LogP contribution in [0.15, 0.2) is 12.3 Å². The molecule has 5 nitrogen and oxygen atoms in total. The lowest BCUT2D eigenvalue weighted by molar-refractivity contribution is -0.140. The zero-order valence-electron chi connectivity index (χ0n) is 10.4. The van der Waals surface area contributed by atoms with Gasteiger partial charge in [0, 0.05) is 24.2 Å². The van der Waals surface area contributed by atoms with Gasteiger partial charge in [0.15, 0.2) is 0 Å². The quantitative estimate of drug-likeness (QED) is 0.784. The molecule has 1 rings (SSSR count). The van der Waals surface area contributed by atoms with Crippen LogP contribution >= 0.6 is 0 Å². The Hall–Kier alpha value is -1.62. The molecule has 0 spiro atoms. The number of carbonyl (C=O) groups excluding carboxylic acids is 1. The van der Waals surface area contributed by atoms with Crippen molar-refractivity contribution in [3.63, 3.8) is 0 Å². The first kappa shape index (κ1) is 13.4. The van der Waals surface area contributed by atoms with Crippen LogP contribution in [0.1, 0.15) is 30.0 Å². The van der Waals surface area contributed by atoms with Crippen LogP contribution in [0, 0.1) is 6.92 Å². The van der Waals surface area contributed by atoms with E-state index in [1.807, 2.05) is 13.0 Å². The number of rotatable bonds is 5. The minimum Gasteiger partial charge on any atom is -0.481 e. The van der Waals surface area contributed by atoms with Crippen molar-refractivity contribution in [3.8, 4) is 5.88 Å². The first-order chi connectivity index (χ1) is 8.08. The van der Waals surface area contributed by atoms with Crippen LogP contribution in [-0.2, 0) is 9.53 Å². The molecule has 1 aromatic rings. The van der Waals surface area contributed by atoms with E-state index in [-0.39, 0.29) is 12.0 Å². The molecule has 1 aromatic heterocycles. The normalized spacial score (nSPS) is 12.0. The van der Waals surface area contributed by atoms with E-state index in [0.717, 1.165) is 11.1 Å². The Morgan fingerprint density at radius 3 is 2.76 bits per heavy atom. The van der Waals surface area contributed by atoms with Gasteiger partial charge in [-0.1, -0.05) is 0 Å². The lowest BCUT2D eigenvalue weighted by Gasteiger charge is -2.12. The van der Waals surface area contributed by atoms with E-state index < -0.39 is 0 Å². The summed E-state index contributed by atoms with van der Waals surface area (Å²) in [7, 11) is 2.94. The van der Waals surface area contributed by atoms with Crippen molar-refractivity contribution in [3.05, 3.63) is 23.4 Å². The maximum absolute atomic E-state index is 11.0. The average Bonchev–Trinajstić information content (AvgIpc) is 2.35. The molecular weight excluding hydrogens is 220 g/mol. The first-order valence-electron chi connectivity index (χ1n) is 5.41. The fourth-order valence-corrected chi connectivity index (χ4v) is 1.54. The molecule has 94 valence electrons. The fourth-order valence-electron chi connectivity index (χ4n) is 1.54. The molecule has 0 aliphatic heterocycles. The summed E-state index contributed by atoms with van der Waals surface area (Å²) >= 11 is 0. The Morgan fingerprint density at radius 2 is 2.24 bits per heavy atom. The van der Waals surface area contributed by atoms with Gasteiger partial charge in [-0.05, 0) is 25.0 Å². The third-order valence-corrected chi connectivity index (χ3v) is 2.56. The number of methoxy groups -OCH3 is 2. The van der Waals surface area contributed by atoms with Crippen LogP contribution in [-0.4, -0.2) is 25.2 Å². The van der Waals surface area contributed by atoms with Gasteiger partial charge in [-0.2, -0.15) is 0 Å². The van der Waals surface area contributed by atoms with Crippen LogP contribution in [0.2, 0.25) is 0 Å². The van der Waals surface area contributed by atoms with Crippen molar-refractivity contribution in [1.82, 2.24) is 4.98 Å². The van der Waals surface area contributed by atoms with E-state index in [1.54, 1.807) is 13.3 Å². The van der Waals surface area contributed by atoms with Gasteiger partial charge >= 0.3 is 5.97 Å². The highest BCUT2D eigenvalue weighted by atomic mass is 16.5. The van der Waals surface area contributed by atoms with Crippen LogP contribution in [0.4, 0.5) is 0 Å². The minimum atomic E-state index is -0.251. The monoisotopic (exact) mass is 238 g/mol. The van der Waals surface area contributed by atoms with Crippen LogP contribution in [0.25, 0.3) is 0 Å². The number of nitrogens with zero attached hydrogens (tertiary/aromatic N) is 1. The van der Waals surface area contributed by atoms with Crippen LogP contribution < -0.4 is 10.5 Å². The molecule has 0 aliphatic rings. The average molecular weight is 238 g/mol. The van der Waals surface area contributed by atoms with Crippen molar-refractivity contribution in [2.24, 2.45) is 5.73 Å². The lowest BCUT2D eigenvalue weighted by atomic mass is 10.0. The van der Waals surface area contributed by atoms with Crippen LogP contribution in [0.3, 0.4) is 0 Å². The second-order valence-electron chi connectivity index (χ2n) is 3.82. The maximum atomic E-state index is 11.0. The zero-order valence-corrected chi connectivity index (χ0v) is 10.4. The summed E-state index contributed by atoms with van der Waals surface area (Å²) in [6, 6.07) is 1.71. The Kier molecular flexibility index (Phi) is 4.90. The number of ether oxygens (including phenoxy) is 2. The molecule has 1 heterocycles. The molecule has 1 unspecified atom stereocenters. The predicted molar refractivity (Wildman–Crippen MR) is 63.7 cm³/mol. The molecular formula is C12H18N2O3. The fraction of sp³-hybridized carbons (Fsp3) is 0.500. The minimum absolute atomic E-state index is 0.216. The molecule has 5 heteroatoms. The number of pyridine rings is 1. The van der Waals surface area contributed by atoms with Gasteiger partial charge in [0.25, 0.3) is 0 Å². The molecule has 0 amide bonds. The summed E-state index contributed by atoms with van der Waals surface area (Å²) in [5.74, 6) is 0.340. The Labute approximate surface area is 101 Å². The lowest BCUT2D eigenvalue weighted by Crippen LogP contribution is -2.13. The number of carbonyl (C=O) groups is 1. The molecule has 1 atom stereocenters. The number of hydrogen-bond acceptors (Lipinski definition) is 5. The molecule has 0 fully saturated rings.